The minimum absolute atomic E-state index is 0.915. The first-order valence-corrected chi connectivity index (χ1v) is 13.3. The number of aromatic nitrogens is 4. The molecule has 0 saturated heterocycles. The van der Waals surface area contributed by atoms with Crippen molar-refractivity contribution in [1.29, 1.82) is 0 Å². The SMILES string of the molecule is CC.CC.CC.CC.CC.c1ccc(-c2ccccn2)nc1.c1cnc2c(c1)ccc1cccnc12. The van der Waals surface area contributed by atoms with Crippen molar-refractivity contribution in [3.8, 4) is 11.4 Å². The van der Waals surface area contributed by atoms with Crippen molar-refractivity contribution in [3.05, 3.63) is 97.6 Å². The summed E-state index contributed by atoms with van der Waals surface area (Å²) in [5, 5.41) is 2.28. The van der Waals surface area contributed by atoms with Gasteiger partial charge in [-0.25, -0.2) is 0 Å². The molecule has 0 atom stereocenters. The Bertz CT molecular complexity index is 1040. The number of hydrogen-bond donors (Lipinski definition) is 0. The van der Waals surface area contributed by atoms with Crippen molar-refractivity contribution in [1.82, 2.24) is 19.9 Å². The van der Waals surface area contributed by atoms with Crippen LogP contribution in [-0.2, 0) is 0 Å². The number of hydrogen-bond acceptors (Lipinski definition) is 4. The average molecular weight is 487 g/mol. The lowest BCUT2D eigenvalue weighted by Crippen LogP contribution is -1.83. The van der Waals surface area contributed by atoms with E-state index in [1.807, 2.05) is 118 Å². The van der Waals surface area contributed by atoms with Gasteiger partial charge in [0.25, 0.3) is 0 Å². The van der Waals surface area contributed by atoms with Gasteiger partial charge in [-0.3, -0.25) is 19.9 Å². The minimum atomic E-state index is 0.915. The Labute approximate surface area is 219 Å². The minimum Gasteiger partial charge on any atom is -0.255 e. The topological polar surface area (TPSA) is 51.6 Å². The summed E-state index contributed by atoms with van der Waals surface area (Å²) in [7, 11) is 0. The van der Waals surface area contributed by atoms with Crippen LogP contribution in [0, 0.1) is 0 Å². The summed E-state index contributed by atoms with van der Waals surface area (Å²) >= 11 is 0. The predicted octanol–water partition coefficient (Wildman–Crippen LogP) is 10.1. The zero-order valence-electron chi connectivity index (χ0n) is 24.0. The van der Waals surface area contributed by atoms with Gasteiger partial charge in [-0.2, -0.15) is 0 Å². The monoisotopic (exact) mass is 486 g/mol. The number of pyridine rings is 4. The molecule has 0 N–H and O–H groups in total. The predicted molar refractivity (Wildman–Crippen MR) is 161 cm³/mol. The van der Waals surface area contributed by atoms with Crippen LogP contribution in [0.25, 0.3) is 33.2 Å². The molecule has 4 heteroatoms. The first kappa shape index (κ1) is 34.5. The molecule has 0 bridgehead atoms. The van der Waals surface area contributed by atoms with Crippen LogP contribution < -0.4 is 0 Å². The van der Waals surface area contributed by atoms with Crippen molar-refractivity contribution >= 4 is 21.8 Å². The summed E-state index contributed by atoms with van der Waals surface area (Å²) in [5.41, 5.74) is 3.78. The Morgan fingerprint density at radius 2 is 0.667 bits per heavy atom. The van der Waals surface area contributed by atoms with E-state index in [1.54, 1.807) is 24.8 Å². The van der Waals surface area contributed by atoms with Gasteiger partial charge >= 0.3 is 0 Å². The van der Waals surface area contributed by atoms with Crippen molar-refractivity contribution in [3.63, 3.8) is 0 Å². The van der Waals surface area contributed by atoms with Crippen LogP contribution in [0.1, 0.15) is 69.2 Å². The summed E-state index contributed by atoms with van der Waals surface area (Å²) in [6.45, 7) is 20.0. The molecule has 0 aliphatic heterocycles. The largest absolute Gasteiger partial charge is 0.255 e. The zero-order chi connectivity index (χ0) is 27.6. The Hall–Kier alpha value is -3.66. The number of rotatable bonds is 1. The molecular weight excluding hydrogens is 440 g/mol. The van der Waals surface area contributed by atoms with E-state index in [9.17, 15) is 0 Å². The van der Waals surface area contributed by atoms with Crippen LogP contribution >= 0.6 is 0 Å². The first-order chi connectivity index (χ1) is 17.9. The molecule has 36 heavy (non-hydrogen) atoms. The van der Waals surface area contributed by atoms with E-state index >= 15 is 0 Å². The molecule has 0 amide bonds. The van der Waals surface area contributed by atoms with Gasteiger partial charge in [-0.1, -0.05) is 106 Å². The third kappa shape index (κ3) is 11.7. The van der Waals surface area contributed by atoms with Crippen LogP contribution in [0.2, 0.25) is 0 Å². The second-order valence-corrected chi connectivity index (χ2v) is 5.65. The highest BCUT2D eigenvalue weighted by atomic mass is 14.8. The fourth-order valence-electron chi connectivity index (χ4n) is 2.71. The van der Waals surface area contributed by atoms with Crippen LogP contribution in [0.3, 0.4) is 0 Å². The second-order valence-electron chi connectivity index (χ2n) is 5.65. The van der Waals surface area contributed by atoms with Crippen LogP contribution in [0.4, 0.5) is 0 Å². The zero-order valence-corrected chi connectivity index (χ0v) is 24.0. The van der Waals surface area contributed by atoms with Gasteiger partial charge in [-0.05, 0) is 36.4 Å². The van der Waals surface area contributed by atoms with E-state index in [-0.39, 0.29) is 0 Å². The van der Waals surface area contributed by atoms with E-state index in [1.165, 1.54) is 0 Å². The Kier molecular flexibility index (Phi) is 23.4. The molecule has 0 aliphatic carbocycles. The van der Waals surface area contributed by atoms with Gasteiger partial charge in [0, 0.05) is 35.6 Å². The lowest BCUT2D eigenvalue weighted by Gasteiger charge is -2.00. The molecule has 1 aromatic carbocycles. The fraction of sp³-hybridized carbons (Fsp3) is 0.312. The van der Waals surface area contributed by atoms with Gasteiger partial charge in [-0.15, -0.1) is 0 Å². The summed E-state index contributed by atoms with van der Waals surface area (Å²) in [6.07, 6.45) is 7.14. The summed E-state index contributed by atoms with van der Waals surface area (Å²) in [6, 6.07) is 23.7. The molecular formula is C32H46N4. The molecule has 4 heterocycles. The van der Waals surface area contributed by atoms with E-state index in [4.69, 9.17) is 0 Å². The standard InChI is InChI=1S/C12H8N2.C10H8N2.5C2H6/c1-3-9-5-6-10-4-2-8-14-12(10)11(9)13-7-1;1-3-7-11-9(5-1)10-6-2-4-8-12-10;5*1-2/h1-8H;1-8H;5*1-2H3. The quantitative estimate of drug-likeness (QED) is 0.221. The number of nitrogens with zero attached hydrogens (tertiary/aromatic N) is 4. The highest BCUT2D eigenvalue weighted by Gasteiger charge is 2.00. The number of benzene rings is 1. The highest BCUT2D eigenvalue weighted by molar-refractivity contribution is 6.02. The maximum absolute atomic E-state index is 4.35. The van der Waals surface area contributed by atoms with Crippen molar-refractivity contribution in [2.45, 2.75) is 69.2 Å². The highest BCUT2D eigenvalue weighted by Crippen LogP contribution is 2.20. The molecule has 194 valence electrons. The molecule has 5 rings (SSSR count). The Balaban J connectivity index is 0. The van der Waals surface area contributed by atoms with E-state index in [0.29, 0.717) is 0 Å². The molecule has 5 aromatic rings. The number of fused-ring (bicyclic) bond motifs is 3. The van der Waals surface area contributed by atoms with Gasteiger partial charge < -0.3 is 0 Å². The molecule has 4 aromatic heterocycles. The average Bonchev–Trinajstić information content (AvgIpc) is 3.03. The van der Waals surface area contributed by atoms with Gasteiger partial charge in [0.15, 0.2) is 0 Å². The summed E-state index contributed by atoms with van der Waals surface area (Å²) in [4.78, 5) is 17.1. The third-order valence-electron chi connectivity index (χ3n) is 3.94. The van der Waals surface area contributed by atoms with E-state index in [0.717, 1.165) is 33.2 Å². The fourth-order valence-corrected chi connectivity index (χ4v) is 2.71. The maximum atomic E-state index is 4.35. The molecule has 4 nitrogen and oxygen atoms in total. The second kappa shape index (κ2) is 24.5. The molecule has 0 fully saturated rings. The summed E-state index contributed by atoms with van der Waals surface area (Å²) < 4.78 is 0. The van der Waals surface area contributed by atoms with Crippen molar-refractivity contribution < 1.29 is 0 Å². The molecule has 0 radical (unpaired) electrons. The van der Waals surface area contributed by atoms with E-state index < -0.39 is 0 Å². The van der Waals surface area contributed by atoms with Gasteiger partial charge in [0.1, 0.15) is 0 Å². The molecule has 0 saturated carbocycles. The molecule has 0 spiro atoms. The lowest BCUT2D eigenvalue weighted by atomic mass is 10.1. The van der Waals surface area contributed by atoms with Gasteiger partial charge in [0.2, 0.25) is 0 Å². The Morgan fingerprint density at radius 1 is 0.333 bits per heavy atom. The van der Waals surface area contributed by atoms with Gasteiger partial charge in [0.05, 0.1) is 22.4 Å². The smallest absolute Gasteiger partial charge is 0.0964 e. The van der Waals surface area contributed by atoms with E-state index in [2.05, 4.69) is 44.2 Å². The first-order valence-electron chi connectivity index (χ1n) is 13.3. The van der Waals surface area contributed by atoms with Crippen molar-refractivity contribution in [2.24, 2.45) is 0 Å². The van der Waals surface area contributed by atoms with Crippen molar-refractivity contribution in [2.75, 3.05) is 0 Å². The maximum Gasteiger partial charge on any atom is 0.0964 e. The van der Waals surface area contributed by atoms with Crippen LogP contribution in [-0.4, -0.2) is 19.9 Å². The van der Waals surface area contributed by atoms with Crippen LogP contribution in [0.5, 0.6) is 0 Å². The molecule has 0 unspecified atom stereocenters. The van der Waals surface area contributed by atoms with Crippen LogP contribution in [0.15, 0.2) is 97.6 Å². The molecule has 0 aliphatic rings. The third-order valence-corrected chi connectivity index (χ3v) is 3.94. The normalized spacial score (nSPS) is 8.28. The summed E-state index contributed by atoms with van der Waals surface area (Å²) in [5.74, 6) is 0. The lowest BCUT2D eigenvalue weighted by molar-refractivity contribution is 1.25. The Morgan fingerprint density at radius 3 is 0.972 bits per heavy atom.